The predicted molar refractivity (Wildman–Crippen MR) is 71.9 cm³/mol. The predicted octanol–water partition coefficient (Wildman–Crippen LogP) is 1.42. The van der Waals surface area contributed by atoms with Gasteiger partial charge in [-0.2, -0.15) is 0 Å². The lowest BCUT2D eigenvalue weighted by Gasteiger charge is -2.39. The van der Waals surface area contributed by atoms with Crippen LogP contribution in [0.15, 0.2) is 24.3 Å². The third kappa shape index (κ3) is 2.76. The van der Waals surface area contributed by atoms with Crippen molar-refractivity contribution in [3.63, 3.8) is 0 Å². The van der Waals surface area contributed by atoms with Gasteiger partial charge in [0.05, 0.1) is 0 Å². The Hall–Kier alpha value is -1.26. The number of anilines is 1. The third-order valence-corrected chi connectivity index (χ3v) is 3.35. The molecule has 1 fully saturated rings. The van der Waals surface area contributed by atoms with E-state index in [4.69, 9.17) is 16.7 Å². The molecule has 1 heterocycles. The lowest BCUT2D eigenvalue weighted by molar-refractivity contribution is -0.124. The van der Waals surface area contributed by atoms with Gasteiger partial charge < -0.3 is 15.3 Å². The van der Waals surface area contributed by atoms with Crippen LogP contribution in [0.5, 0.6) is 0 Å². The number of nitrogens with zero attached hydrogens (tertiary/aromatic N) is 1. The lowest BCUT2D eigenvalue weighted by atomic mass is 10.0. The third-order valence-electron chi connectivity index (χ3n) is 3.10. The second-order valence-corrected chi connectivity index (χ2v) is 5.00. The van der Waals surface area contributed by atoms with Gasteiger partial charge in [0.15, 0.2) is 0 Å². The van der Waals surface area contributed by atoms with Crippen LogP contribution >= 0.6 is 11.6 Å². The van der Waals surface area contributed by atoms with Crippen LogP contribution in [0.3, 0.4) is 0 Å². The molecule has 0 saturated carbocycles. The maximum Gasteiger partial charge on any atom is 0.243 e. The monoisotopic (exact) mass is 268 g/mol. The number of benzene rings is 1. The van der Waals surface area contributed by atoms with Crippen LogP contribution in [0.2, 0.25) is 5.02 Å². The van der Waals surface area contributed by atoms with E-state index in [0.717, 1.165) is 12.2 Å². The van der Waals surface area contributed by atoms with E-state index in [1.165, 1.54) is 0 Å². The van der Waals surface area contributed by atoms with Crippen LogP contribution in [-0.2, 0) is 4.79 Å². The van der Waals surface area contributed by atoms with E-state index in [1.54, 1.807) is 0 Å². The van der Waals surface area contributed by atoms with E-state index in [9.17, 15) is 4.79 Å². The molecule has 0 bridgehead atoms. The number of aliphatic hydroxyl groups is 1. The number of piperazine rings is 1. The molecule has 0 spiro atoms. The fourth-order valence-corrected chi connectivity index (χ4v) is 2.40. The molecule has 1 aliphatic heterocycles. The number of hydrogen-bond donors (Lipinski definition) is 2. The van der Waals surface area contributed by atoms with E-state index in [2.05, 4.69) is 5.32 Å². The van der Waals surface area contributed by atoms with Gasteiger partial charge in [-0.05, 0) is 37.6 Å². The lowest BCUT2D eigenvalue weighted by Crippen LogP contribution is -2.59. The summed E-state index contributed by atoms with van der Waals surface area (Å²) in [5.41, 5.74) is 0.958. The first-order valence-electron chi connectivity index (χ1n) is 6.05. The molecule has 2 atom stereocenters. The molecule has 1 amide bonds. The van der Waals surface area contributed by atoms with Crippen LogP contribution < -0.4 is 10.2 Å². The zero-order valence-electron chi connectivity index (χ0n) is 10.3. The van der Waals surface area contributed by atoms with Crippen LogP contribution in [0.1, 0.15) is 13.3 Å². The van der Waals surface area contributed by atoms with E-state index < -0.39 is 0 Å². The molecule has 18 heavy (non-hydrogen) atoms. The molecule has 1 saturated heterocycles. The van der Waals surface area contributed by atoms with Gasteiger partial charge in [-0.15, -0.1) is 0 Å². The molecular weight excluding hydrogens is 252 g/mol. The summed E-state index contributed by atoms with van der Waals surface area (Å²) in [7, 11) is 0. The van der Waals surface area contributed by atoms with Gasteiger partial charge in [0, 0.05) is 29.9 Å². The van der Waals surface area contributed by atoms with Gasteiger partial charge in [0.25, 0.3) is 0 Å². The second kappa shape index (κ2) is 5.59. The molecule has 1 aromatic carbocycles. The maximum absolute atomic E-state index is 12.0. The summed E-state index contributed by atoms with van der Waals surface area (Å²) in [6.45, 7) is 2.70. The fourth-order valence-electron chi connectivity index (χ4n) is 2.28. The van der Waals surface area contributed by atoms with Gasteiger partial charge in [0.1, 0.15) is 6.04 Å². The standard InChI is InChI=1S/C13H17ClN2O2/c1-9-8-16(11-4-2-10(14)3-5-11)12(6-7-17)13(18)15-9/h2-5,9,12,17H,6-8H2,1H3,(H,15,18). The van der Waals surface area contributed by atoms with Crippen molar-refractivity contribution in [1.82, 2.24) is 5.32 Å². The minimum atomic E-state index is -0.313. The summed E-state index contributed by atoms with van der Waals surface area (Å²) < 4.78 is 0. The largest absolute Gasteiger partial charge is 0.396 e. The average Bonchev–Trinajstić information content (AvgIpc) is 2.33. The Balaban J connectivity index is 2.25. The number of rotatable bonds is 3. The topological polar surface area (TPSA) is 52.6 Å². The van der Waals surface area contributed by atoms with Crippen molar-refractivity contribution in [3.05, 3.63) is 29.3 Å². The molecule has 0 radical (unpaired) electrons. The minimum absolute atomic E-state index is 0.00342. The Labute approximate surface area is 112 Å². The molecule has 2 unspecified atom stereocenters. The number of halogens is 1. The van der Waals surface area contributed by atoms with Gasteiger partial charge in [-0.25, -0.2) is 0 Å². The van der Waals surface area contributed by atoms with Crippen molar-refractivity contribution in [2.45, 2.75) is 25.4 Å². The molecule has 0 aliphatic carbocycles. The summed E-state index contributed by atoms with van der Waals surface area (Å²) >= 11 is 5.87. The fraction of sp³-hybridized carbons (Fsp3) is 0.462. The van der Waals surface area contributed by atoms with E-state index in [0.29, 0.717) is 11.4 Å². The normalized spacial score (nSPS) is 23.9. The summed E-state index contributed by atoms with van der Waals surface area (Å²) in [6, 6.07) is 7.21. The zero-order valence-corrected chi connectivity index (χ0v) is 11.0. The van der Waals surface area contributed by atoms with Gasteiger partial charge >= 0.3 is 0 Å². The van der Waals surface area contributed by atoms with Crippen molar-refractivity contribution in [3.8, 4) is 0 Å². The highest BCUT2D eigenvalue weighted by Crippen LogP contribution is 2.23. The van der Waals surface area contributed by atoms with Crippen molar-refractivity contribution < 1.29 is 9.90 Å². The van der Waals surface area contributed by atoms with E-state index in [1.807, 2.05) is 36.1 Å². The van der Waals surface area contributed by atoms with Crippen LogP contribution in [0.4, 0.5) is 5.69 Å². The van der Waals surface area contributed by atoms with Crippen LogP contribution in [0.25, 0.3) is 0 Å². The molecule has 2 rings (SSSR count). The highest BCUT2D eigenvalue weighted by molar-refractivity contribution is 6.30. The first-order valence-corrected chi connectivity index (χ1v) is 6.43. The van der Waals surface area contributed by atoms with E-state index >= 15 is 0 Å². The number of carbonyl (C=O) groups is 1. The quantitative estimate of drug-likeness (QED) is 0.872. The smallest absolute Gasteiger partial charge is 0.243 e. The highest BCUT2D eigenvalue weighted by Gasteiger charge is 2.32. The Morgan fingerprint density at radius 3 is 2.72 bits per heavy atom. The van der Waals surface area contributed by atoms with Crippen LogP contribution in [-0.4, -0.2) is 36.2 Å². The molecule has 1 aliphatic rings. The molecule has 4 nitrogen and oxygen atoms in total. The van der Waals surface area contributed by atoms with Gasteiger partial charge in [-0.1, -0.05) is 11.6 Å². The molecule has 5 heteroatoms. The zero-order chi connectivity index (χ0) is 13.1. The Morgan fingerprint density at radius 1 is 1.44 bits per heavy atom. The van der Waals surface area contributed by atoms with Crippen LogP contribution in [0, 0.1) is 0 Å². The van der Waals surface area contributed by atoms with Gasteiger partial charge in [-0.3, -0.25) is 4.79 Å². The molecule has 98 valence electrons. The van der Waals surface area contributed by atoms with E-state index in [-0.39, 0.29) is 24.6 Å². The number of hydrogen-bond acceptors (Lipinski definition) is 3. The molecule has 2 N–H and O–H groups in total. The van der Waals surface area contributed by atoms with Crippen molar-refractivity contribution in [1.29, 1.82) is 0 Å². The Morgan fingerprint density at radius 2 is 2.11 bits per heavy atom. The maximum atomic E-state index is 12.0. The number of carbonyl (C=O) groups excluding carboxylic acids is 1. The molecule has 1 aromatic rings. The van der Waals surface area contributed by atoms with Crippen molar-refractivity contribution in [2.24, 2.45) is 0 Å². The number of aliphatic hydroxyl groups excluding tert-OH is 1. The summed E-state index contributed by atoms with van der Waals surface area (Å²) in [6.07, 6.45) is 0.432. The second-order valence-electron chi connectivity index (χ2n) is 4.57. The molecular formula is C13H17ClN2O2. The average molecular weight is 269 g/mol. The molecule has 0 aromatic heterocycles. The summed E-state index contributed by atoms with van der Waals surface area (Å²) in [5, 5.41) is 12.7. The van der Waals surface area contributed by atoms with Crippen molar-refractivity contribution in [2.75, 3.05) is 18.1 Å². The minimum Gasteiger partial charge on any atom is -0.396 e. The first-order chi connectivity index (χ1) is 8.61. The Kier molecular flexibility index (Phi) is 4.09. The highest BCUT2D eigenvalue weighted by atomic mass is 35.5. The first kappa shape index (κ1) is 13.2. The summed E-state index contributed by atoms with van der Waals surface area (Å²) in [4.78, 5) is 14.0. The summed E-state index contributed by atoms with van der Waals surface area (Å²) in [5.74, 6) is -0.0299. The van der Waals surface area contributed by atoms with Gasteiger partial charge in [0.2, 0.25) is 5.91 Å². The van der Waals surface area contributed by atoms with Crippen molar-refractivity contribution >= 4 is 23.2 Å². The SMILES string of the molecule is CC1CN(c2ccc(Cl)cc2)C(CCO)C(=O)N1. The number of amides is 1. The Bertz CT molecular complexity index is 422. The number of nitrogens with one attached hydrogen (secondary N) is 1.